The molecule has 0 spiro atoms. The quantitative estimate of drug-likeness (QED) is 0.617. The molecular weight excluding hydrogens is 122 g/mol. The third kappa shape index (κ3) is 0.929. The predicted octanol–water partition coefficient (Wildman–Crippen LogP) is 1.50. The standard InChI is InChI=1S/C9H11N/c10-9-6-8(9)7-4-2-1-3-5-7/h1-5,8-9H,6,10H2/t8?,9-/m0/s1. The van der Waals surface area contributed by atoms with Gasteiger partial charge in [0.15, 0.2) is 0 Å². The summed E-state index contributed by atoms with van der Waals surface area (Å²) in [6.07, 6.45) is 1.17. The topological polar surface area (TPSA) is 26.0 Å². The molecule has 2 rings (SSSR count). The Morgan fingerprint density at radius 2 is 1.80 bits per heavy atom. The van der Waals surface area contributed by atoms with Crippen molar-refractivity contribution >= 4 is 0 Å². The van der Waals surface area contributed by atoms with Crippen LogP contribution in [0.5, 0.6) is 0 Å². The third-order valence-electron chi connectivity index (χ3n) is 2.07. The largest absolute Gasteiger partial charge is 0.327 e. The Labute approximate surface area is 60.9 Å². The highest BCUT2D eigenvalue weighted by atomic mass is 14.7. The van der Waals surface area contributed by atoms with E-state index in [2.05, 4.69) is 24.3 Å². The van der Waals surface area contributed by atoms with Crippen LogP contribution in [0.3, 0.4) is 0 Å². The van der Waals surface area contributed by atoms with Crippen LogP contribution in [-0.4, -0.2) is 6.04 Å². The maximum atomic E-state index is 5.70. The molecule has 2 N–H and O–H groups in total. The van der Waals surface area contributed by atoms with E-state index in [-0.39, 0.29) is 0 Å². The van der Waals surface area contributed by atoms with Crippen molar-refractivity contribution in [1.29, 1.82) is 0 Å². The van der Waals surface area contributed by atoms with E-state index < -0.39 is 0 Å². The maximum Gasteiger partial charge on any atom is 0.0115 e. The van der Waals surface area contributed by atoms with Gasteiger partial charge >= 0.3 is 0 Å². The third-order valence-corrected chi connectivity index (χ3v) is 2.07. The van der Waals surface area contributed by atoms with Crippen molar-refractivity contribution < 1.29 is 0 Å². The molecule has 1 saturated carbocycles. The van der Waals surface area contributed by atoms with Gasteiger partial charge in [-0.25, -0.2) is 0 Å². The number of hydrogen-bond acceptors (Lipinski definition) is 1. The second-order valence-electron chi connectivity index (χ2n) is 2.92. The van der Waals surface area contributed by atoms with Gasteiger partial charge in [0, 0.05) is 12.0 Å². The summed E-state index contributed by atoms with van der Waals surface area (Å²) in [7, 11) is 0. The van der Waals surface area contributed by atoms with Crippen molar-refractivity contribution in [3.8, 4) is 0 Å². The molecule has 0 saturated heterocycles. The first-order valence-corrected chi connectivity index (χ1v) is 3.68. The van der Waals surface area contributed by atoms with Crippen molar-refractivity contribution in [2.75, 3.05) is 0 Å². The minimum Gasteiger partial charge on any atom is -0.327 e. The Morgan fingerprint density at radius 1 is 1.20 bits per heavy atom. The molecule has 1 unspecified atom stereocenters. The smallest absolute Gasteiger partial charge is 0.0115 e. The minimum atomic E-state index is 0.433. The summed E-state index contributed by atoms with van der Waals surface area (Å²) in [6, 6.07) is 10.9. The Hall–Kier alpha value is -0.820. The van der Waals surface area contributed by atoms with Crippen LogP contribution in [0.4, 0.5) is 0 Å². The van der Waals surface area contributed by atoms with Crippen molar-refractivity contribution in [2.24, 2.45) is 5.73 Å². The normalized spacial score (nSPS) is 30.1. The number of benzene rings is 1. The molecule has 1 aliphatic rings. The van der Waals surface area contributed by atoms with E-state index in [4.69, 9.17) is 5.73 Å². The average Bonchev–Trinajstić information content (AvgIpc) is 2.69. The first kappa shape index (κ1) is 5.93. The molecule has 0 aromatic heterocycles. The number of hydrogen-bond donors (Lipinski definition) is 1. The molecule has 0 amide bonds. The molecule has 1 fully saturated rings. The van der Waals surface area contributed by atoms with Crippen molar-refractivity contribution in [1.82, 2.24) is 0 Å². The second-order valence-corrected chi connectivity index (χ2v) is 2.92. The van der Waals surface area contributed by atoms with Gasteiger partial charge in [-0.15, -0.1) is 0 Å². The van der Waals surface area contributed by atoms with Crippen LogP contribution in [0.25, 0.3) is 0 Å². The van der Waals surface area contributed by atoms with Gasteiger partial charge in [0.05, 0.1) is 0 Å². The van der Waals surface area contributed by atoms with Crippen LogP contribution in [-0.2, 0) is 0 Å². The van der Waals surface area contributed by atoms with E-state index >= 15 is 0 Å². The van der Waals surface area contributed by atoms with Crippen LogP contribution in [0.15, 0.2) is 30.3 Å². The van der Waals surface area contributed by atoms with Gasteiger partial charge < -0.3 is 5.73 Å². The van der Waals surface area contributed by atoms with Gasteiger partial charge in [0.25, 0.3) is 0 Å². The van der Waals surface area contributed by atoms with Gasteiger partial charge in [-0.1, -0.05) is 30.3 Å². The molecule has 1 heteroatoms. The van der Waals surface area contributed by atoms with Gasteiger partial charge in [0.1, 0.15) is 0 Å². The Kier molecular flexibility index (Phi) is 1.24. The molecule has 0 heterocycles. The fourth-order valence-electron chi connectivity index (χ4n) is 1.30. The average molecular weight is 133 g/mol. The summed E-state index contributed by atoms with van der Waals surface area (Å²) in [6.45, 7) is 0. The lowest BCUT2D eigenvalue weighted by Crippen LogP contribution is -2.00. The monoisotopic (exact) mass is 133 g/mol. The van der Waals surface area contributed by atoms with Gasteiger partial charge in [-0.3, -0.25) is 0 Å². The van der Waals surface area contributed by atoms with E-state index in [9.17, 15) is 0 Å². The van der Waals surface area contributed by atoms with E-state index in [1.807, 2.05) is 6.07 Å². The van der Waals surface area contributed by atoms with Crippen LogP contribution >= 0.6 is 0 Å². The van der Waals surface area contributed by atoms with Gasteiger partial charge in [0.2, 0.25) is 0 Å². The first-order valence-electron chi connectivity index (χ1n) is 3.68. The molecule has 0 radical (unpaired) electrons. The summed E-state index contributed by atoms with van der Waals surface area (Å²) in [5, 5.41) is 0. The number of nitrogens with two attached hydrogens (primary N) is 1. The first-order chi connectivity index (χ1) is 4.88. The molecule has 2 atom stereocenters. The molecule has 1 aromatic rings. The summed E-state index contributed by atoms with van der Waals surface area (Å²) in [5.41, 5.74) is 7.10. The Bertz CT molecular complexity index is 217. The van der Waals surface area contributed by atoms with Gasteiger partial charge in [-0.05, 0) is 12.0 Å². The molecule has 1 nitrogen and oxygen atoms in total. The van der Waals surface area contributed by atoms with Crippen LogP contribution in [0.1, 0.15) is 17.9 Å². The molecule has 1 aliphatic carbocycles. The zero-order valence-corrected chi connectivity index (χ0v) is 5.83. The zero-order chi connectivity index (χ0) is 6.97. The van der Waals surface area contributed by atoms with E-state index in [0.717, 1.165) is 0 Å². The SMILES string of the molecule is N[C@H]1CC1c1ccccc1. The lowest BCUT2D eigenvalue weighted by molar-refractivity contribution is 0.991. The summed E-state index contributed by atoms with van der Waals surface area (Å²) >= 11 is 0. The molecule has 52 valence electrons. The molecule has 0 aliphatic heterocycles. The lowest BCUT2D eigenvalue weighted by atomic mass is 10.1. The molecule has 1 aromatic carbocycles. The summed E-state index contributed by atoms with van der Waals surface area (Å²) < 4.78 is 0. The van der Waals surface area contributed by atoms with Gasteiger partial charge in [-0.2, -0.15) is 0 Å². The van der Waals surface area contributed by atoms with Crippen LogP contribution in [0, 0.1) is 0 Å². The fraction of sp³-hybridized carbons (Fsp3) is 0.333. The van der Waals surface area contributed by atoms with Crippen LogP contribution < -0.4 is 5.73 Å². The molecular formula is C9H11N. The molecule has 10 heavy (non-hydrogen) atoms. The number of rotatable bonds is 1. The Balaban J connectivity index is 2.20. The maximum absolute atomic E-state index is 5.70. The highest BCUT2D eigenvalue weighted by Crippen LogP contribution is 2.38. The highest BCUT2D eigenvalue weighted by Gasteiger charge is 2.34. The Morgan fingerprint density at radius 3 is 2.30 bits per heavy atom. The fourth-order valence-corrected chi connectivity index (χ4v) is 1.30. The molecule has 0 bridgehead atoms. The lowest BCUT2D eigenvalue weighted by Gasteiger charge is -1.94. The van der Waals surface area contributed by atoms with Crippen molar-refractivity contribution in [3.63, 3.8) is 0 Å². The van der Waals surface area contributed by atoms with Crippen molar-refractivity contribution in [2.45, 2.75) is 18.4 Å². The van der Waals surface area contributed by atoms with E-state index in [1.54, 1.807) is 0 Å². The van der Waals surface area contributed by atoms with E-state index in [0.29, 0.717) is 12.0 Å². The minimum absolute atomic E-state index is 0.433. The second kappa shape index (κ2) is 2.10. The predicted molar refractivity (Wildman–Crippen MR) is 41.8 cm³/mol. The summed E-state index contributed by atoms with van der Waals surface area (Å²) in [5.74, 6) is 0.654. The van der Waals surface area contributed by atoms with Crippen LogP contribution in [0.2, 0.25) is 0 Å². The zero-order valence-electron chi connectivity index (χ0n) is 5.83. The highest BCUT2D eigenvalue weighted by molar-refractivity contribution is 5.26. The summed E-state index contributed by atoms with van der Waals surface area (Å²) in [4.78, 5) is 0. The van der Waals surface area contributed by atoms with Crippen molar-refractivity contribution in [3.05, 3.63) is 35.9 Å². The van der Waals surface area contributed by atoms with E-state index in [1.165, 1.54) is 12.0 Å².